The van der Waals surface area contributed by atoms with E-state index in [9.17, 15) is 9.59 Å². The Kier molecular flexibility index (Phi) is 7.77. The van der Waals surface area contributed by atoms with E-state index in [0.717, 1.165) is 23.1 Å². The van der Waals surface area contributed by atoms with Gasteiger partial charge < -0.3 is 20.8 Å². The number of nitrogens with zero attached hydrogens (tertiary/aromatic N) is 1. The fourth-order valence-corrected chi connectivity index (χ4v) is 3.47. The van der Waals surface area contributed by atoms with Gasteiger partial charge in [-0.05, 0) is 68.6 Å². The first kappa shape index (κ1) is 22.1. The van der Waals surface area contributed by atoms with Gasteiger partial charge in [0.2, 0.25) is 0 Å². The molecular formula is C18H26BrN3O4. The van der Waals surface area contributed by atoms with Crippen molar-refractivity contribution in [3.8, 4) is 0 Å². The summed E-state index contributed by atoms with van der Waals surface area (Å²) in [5, 5.41) is 22.9. The highest BCUT2D eigenvalue weighted by molar-refractivity contribution is 9.10. The number of nitrogens with one attached hydrogen (secondary N) is 2. The molecule has 144 valence electrons. The summed E-state index contributed by atoms with van der Waals surface area (Å²) in [5.41, 5.74) is 0.323. The monoisotopic (exact) mass is 427 g/mol. The molecule has 0 atom stereocenters. The number of carboxylic acids is 2. The number of pyridine rings is 1. The summed E-state index contributed by atoms with van der Waals surface area (Å²) in [4.78, 5) is 23.5. The average molecular weight is 428 g/mol. The van der Waals surface area contributed by atoms with Crippen LogP contribution in [0.4, 0.5) is 5.82 Å². The Morgan fingerprint density at radius 1 is 1.15 bits per heavy atom. The summed E-state index contributed by atoms with van der Waals surface area (Å²) >= 11 is 3.41. The van der Waals surface area contributed by atoms with Gasteiger partial charge >= 0.3 is 11.9 Å². The van der Waals surface area contributed by atoms with E-state index in [1.54, 1.807) is 0 Å². The van der Waals surface area contributed by atoms with Crippen molar-refractivity contribution in [1.82, 2.24) is 10.3 Å². The predicted molar refractivity (Wildman–Crippen MR) is 104 cm³/mol. The Bertz CT molecular complexity index is 625. The van der Waals surface area contributed by atoms with Crippen molar-refractivity contribution in [3.05, 3.63) is 35.0 Å². The van der Waals surface area contributed by atoms with Gasteiger partial charge in [0.15, 0.2) is 0 Å². The van der Waals surface area contributed by atoms with Gasteiger partial charge in [-0.15, -0.1) is 0 Å². The fourth-order valence-electron chi connectivity index (χ4n) is 3.24. The maximum absolute atomic E-state index is 9.55. The Morgan fingerprint density at radius 3 is 2.04 bits per heavy atom. The van der Waals surface area contributed by atoms with Crippen molar-refractivity contribution >= 4 is 33.7 Å². The summed E-state index contributed by atoms with van der Waals surface area (Å²) in [6.07, 6.45) is 5.16. The van der Waals surface area contributed by atoms with E-state index in [2.05, 4.69) is 59.2 Å². The lowest BCUT2D eigenvalue weighted by Crippen LogP contribution is -2.60. The summed E-state index contributed by atoms with van der Waals surface area (Å²) in [5.74, 6) is -1.56. The van der Waals surface area contributed by atoms with E-state index >= 15 is 0 Å². The molecule has 1 aromatic heterocycles. The molecule has 0 saturated carbocycles. The number of carboxylic acid groups (broad SMARTS) is 2. The molecule has 0 radical (unpaired) electrons. The van der Waals surface area contributed by atoms with Crippen LogP contribution in [0, 0.1) is 0 Å². The van der Waals surface area contributed by atoms with Gasteiger partial charge in [0.25, 0.3) is 0 Å². The number of carbonyl (C=O) groups is 2. The molecule has 2 heterocycles. The standard InChI is InChI=1S/C14H22BrN3.C4H4O4/c1-13(2)7-11(8-14(3,4)18-13)17-12-6-5-10(15)9-16-12;5-3(6)1-2-4(7)8/h5-6,9,11,18H,7-8H2,1-4H3,(H,16,17);1-2H,(H,5,6)(H,7,8)/b;2-1+. The number of hydrogen-bond acceptors (Lipinski definition) is 5. The van der Waals surface area contributed by atoms with Crippen LogP contribution in [0.3, 0.4) is 0 Å². The van der Waals surface area contributed by atoms with Crippen molar-refractivity contribution in [1.29, 1.82) is 0 Å². The summed E-state index contributed by atoms with van der Waals surface area (Å²) < 4.78 is 1.01. The number of rotatable bonds is 4. The van der Waals surface area contributed by atoms with E-state index in [0.29, 0.717) is 18.2 Å². The Balaban J connectivity index is 0.000000359. The van der Waals surface area contributed by atoms with Crippen LogP contribution in [0.5, 0.6) is 0 Å². The lowest BCUT2D eigenvalue weighted by atomic mass is 9.79. The molecule has 1 fully saturated rings. The van der Waals surface area contributed by atoms with Gasteiger partial charge in [-0.3, -0.25) is 0 Å². The third-order valence-corrected chi connectivity index (χ3v) is 4.11. The SMILES string of the molecule is CC1(C)CC(Nc2ccc(Br)cn2)CC(C)(C)N1.O=C(O)/C=C/C(=O)O. The molecule has 0 bridgehead atoms. The smallest absolute Gasteiger partial charge is 0.328 e. The minimum absolute atomic E-state index is 0.161. The highest BCUT2D eigenvalue weighted by Crippen LogP contribution is 2.30. The summed E-state index contributed by atoms with van der Waals surface area (Å²) in [7, 11) is 0. The highest BCUT2D eigenvalue weighted by atomic mass is 79.9. The third-order valence-electron chi connectivity index (χ3n) is 3.64. The first-order valence-electron chi connectivity index (χ1n) is 8.20. The Hall–Kier alpha value is -1.93. The molecule has 0 aromatic carbocycles. The molecule has 1 aliphatic heterocycles. The van der Waals surface area contributed by atoms with Crippen molar-refractivity contribution in [2.24, 2.45) is 0 Å². The Morgan fingerprint density at radius 2 is 1.65 bits per heavy atom. The van der Waals surface area contributed by atoms with Gasteiger partial charge in [0, 0.05) is 39.9 Å². The molecule has 8 heteroatoms. The lowest BCUT2D eigenvalue weighted by Gasteiger charge is -2.46. The molecule has 0 aliphatic carbocycles. The second-order valence-electron chi connectivity index (χ2n) is 7.51. The van der Waals surface area contributed by atoms with E-state index in [4.69, 9.17) is 10.2 Å². The minimum Gasteiger partial charge on any atom is -0.478 e. The molecular weight excluding hydrogens is 402 g/mol. The molecule has 1 aliphatic rings. The van der Waals surface area contributed by atoms with E-state index in [1.165, 1.54) is 0 Å². The highest BCUT2D eigenvalue weighted by Gasteiger charge is 2.37. The van der Waals surface area contributed by atoms with Crippen molar-refractivity contribution in [2.75, 3.05) is 5.32 Å². The van der Waals surface area contributed by atoms with Crippen molar-refractivity contribution in [3.63, 3.8) is 0 Å². The number of hydrogen-bond donors (Lipinski definition) is 4. The largest absolute Gasteiger partial charge is 0.478 e. The van der Waals surface area contributed by atoms with E-state index in [1.807, 2.05) is 18.3 Å². The van der Waals surface area contributed by atoms with Crippen LogP contribution in [-0.2, 0) is 9.59 Å². The molecule has 0 spiro atoms. The molecule has 4 N–H and O–H groups in total. The third kappa shape index (κ3) is 8.96. The van der Waals surface area contributed by atoms with Crippen molar-refractivity contribution < 1.29 is 19.8 Å². The quantitative estimate of drug-likeness (QED) is 0.545. The number of aromatic nitrogens is 1. The molecule has 0 unspecified atom stereocenters. The van der Waals surface area contributed by atoms with Crippen LogP contribution >= 0.6 is 15.9 Å². The normalized spacial score (nSPS) is 18.7. The zero-order valence-electron chi connectivity index (χ0n) is 15.4. The fraction of sp³-hybridized carbons (Fsp3) is 0.500. The molecule has 7 nitrogen and oxygen atoms in total. The summed E-state index contributed by atoms with van der Waals surface area (Å²) in [6, 6.07) is 4.50. The topological polar surface area (TPSA) is 112 Å². The van der Waals surface area contributed by atoms with Crippen LogP contribution in [0.15, 0.2) is 35.0 Å². The van der Waals surface area contributed by atoms with Gasteiger partial charge in [0.05, 0.1) is 0 Å². The Labute approximate surface area is 162 Å². The van der Waals surface area contributed by atoms with Gasteiger partial charge in [-0.1, -0.05) is 0 Å². The average Bonchev–Trinajstić information content (AvgIpc) is 2.45. The zero-order valence-corrected chi connectivity index (χ0v) is 17.0. The van der Waals surface area contributed by atoms with Gasteiger partial charge in [-0.25, -0.2) is 14.6 Å². The first-order chi connectivity index (χ1) is 11.9. The van der Waals surface area contributed by atoms with E-state index < -0.39 is 11.9 Å². The first-order valence-corrected chi connectivity index (χ1v) is 8.99. The molecule has 1 saturated heterocycles. The second kappa shape index (κ2) is 9.14. The molecule has 2 rings (SSSR count). The van der Waals surface area contributed by atoms with Crippen LogP contribution in [0.2, 0.25) is 0 Å². The molecule has 26 heavy (non-hydrogen) atoms. The predicted octanol–water partition coefficient (Wildman–Crippen LogP) is 3.28. The van der Waals surface area contributed by atoms with Gasteiger partial charge in [0.1, 0.15) is 5.82 Å². The van der Waals surface area contributed by atoms with Crippen LogP contribution < -0.4 is 10.6 Å². The zero-order chi connectivity index (χ0) is 20.0. The number of anilines is 1. The minimum atomic E-state index is -1.26. The van der Waals surface area contributed by atoms with E-state index in [-0.39, 0.29) is 11.1 Å². The second-order valence-corrected chi connectivity index (χ2v) is 8.43. The molecule has 0 amide bonds. The van der Waals surface area contributed by atoms with Crippen LogP contribution in [0.1, 0.15) is 40.5 Å². The number of aliphatic carboxylic acids is 2. The maximum Gasteiger partial charge on any atom is 0.328 e. The maximum atomic E-state index is 9.55. The van der Waals surface area contributed by atoms with Crippen LogP contribution in [-0.4, -0.2) is 44.3 Å². The van der Waals surface area contributed by atoms with Crippen molar-refractivity contribution in [2.45, 2.75) is 57.7 Å². The van der Waals surface area contributed by atoms with Gasteiger partial charge in [-0.2, -0.15) is 0 Å². The lowest BCUT2D eigenvalue weighted by molar-refractivity contribution is -0.134. The molecule has 1 aromatic rings. The summed E-state index contributed by atoms with van der Waals surface area (Å²) in [6.45, 7) is 9.05. The number of halogens is 1. The number of piperidine rings is 1. The van der Waals surface area contributed by atoms with Crippen LogP contribution in [0.25, 0.3) is 0 Å².